The summed E-state index contributed by atoms with van der Waals surface area (Å²) < 4.78 is 1.85. The summed E-state index contributed by atoms with van der Waals surface area (Å²) in [5, 5.41) is 14.9. The minimum atomic E-state index is 0.623. The molecule has 0 unspecified atom stereocenters. The van der Waals surface area contributed by atoms with Gasteiger partial charge in [-0.1, -0.05) is 48.5 Å². The van der Waals surface area contributed by atoms with E-state index in [1.54, 1.807) is 0 Å². The summed E-state index contributed by atoms with van der Waals surface area (Å²) in [6.07, 6.45) is 1.94. The van der Waals surface area contributed by atoms with Gasteiger partial charge in [-0.25, -0.2) is 4.68 Å². The fourth-order valence-electron chi connectivity index (χ4n) is 2.26. The maximum absolute atomic E-state index is 9.54. The van der Waals surface area contributed by atoms with Crippen molar-refractivity contribution >= 4 is 11.8 Å². The lowest BCUT2D eigenvalue weighted by molar-refractivity contribution is 0.843. The van der Waals surface area contributed by atoms with Crippen LogP contribution in [0.2, 0.25) is 0 Å². The van der Waals surface area contributed by atoms with Gasteiger partial charge in [-0.05, 0) is 18.4 Å². The number of aromatic nitrogens is 2. The number of thioether (sulfide) groups is 1. The molecule has 0 saturated heterocycles. The van der Waals surface area contributed by atoms with Gasteiger partial charge in [-0.15, -0.1) is 11.8 Å². The standard InChI is InChI=1S/C17H13N3S/c1-21-17-15(12-18)16(13-8-4-2-5-9-13)20(19-17)14-10-6-3-7-11-14/h2-11H,1H3. The van der Waals surface area contributed by atoms with Crippen molar-refractivity contribution in [3.63, 3.8) is 0 Å². The first-order valence-electron chi connectivity index (χ1n) is 6.53. The number of nitrogens with zero attached hydrogens (tertiary/aromatic N) is 3. The lowest BCUT2D eigenvalue weighted by Crippen LogP contribution is -1.99. The number of para-hydroxylation sites is 1. The zero-order chi connectivity index (χ0) is 14.7. The molecule has 0 aliphatic carbocycles. The molecule has 0 aliphatic heterocycles. The zero-order valence-corrected chi connectivity index (χ0v) is 12.3. The second-order valence-corrected chi connectivity index (χ2v) is 5.25. The van der Waals surface area contributed by atoms with Gasteiger partial charge >= 0.3 is 0 Å². The maximum atomic E-state index is 9.54. The first kappa shape index (κ1) is 13.5. The van der Waals surface area contributed by atoms with E-state index in [2.05, 4.69) is 11.2 Å². The van der Waals surface area contributed by atoms with Gasteiger partial charge in [0, 0.05) is 5.56 Å². The molecule has 3 aromatic rings. The van der Waals surface area contributed by atoms with Crippen LogP contribution in [0.1, 0.15) is 5.56 Å². The number of nitriles is 1. The van der Waals surface area contributed by atoms with E-state index in [1.165, 1.54) is 11.8 Å². The van der Waals surface area contributed by atoms with E-state index in [4.69, 9.17) is 0 Å². The molecule has 1 heterocycles. The summed E-state index contributed by atoms with van der Waals surface area (Å²) in [4.78, 5) is 0. The largest absolute Gasteiger partial charge is 0.231 e. The highest BCUT2D eigenvalue weighted by atomic mass is 32.2. The van der Waals surface area contributed by atoms with Gasteiger partial charge < -0.3 is 0 Å². The topological polar surface area (TPSA) is 41.6 Å². The molecule has 3 rings (SSSR count). The molecule has 0 aliphatic rings. The minimum Gasteiger partial charge on any atom is -0.231 e. The molecular formula is C17H13N3S. The maximum Gasteiger partial charge on any atom is 0.137 e. The molecule has 0 atom stereocenters. The Labute approximate surface area is 127 Å². The fraction of sp³-hybridized carbons (Fsp3) is 0.0588. The van der Waals surface area contributed by atoms with Crippen molar-refractivity contribution in [1.82, 2.24) is 9.78 Å². The molecule has 0 spiro atoms. The van der Waals surface area contributed by atoms with Crippen LogP contribution in [-0.2, 0) is 0 Å². The van der Waals surface area contributed by atoms with E-state index >= 15 is 0 Å². The van der Waals surface area contributed by atoms with Crippen molar-refractivity contribution in [3.8, 4) is 23.0 Å². The highest BCUT2D eigenvalue weighted by Crippen LogP contribution is 2.32. The molecule has 0 bridgehead atoms. The van der Waals surface area contributed by atoms with Crippen LogP contribution in [0.25, 0.3) is 16.9 Å². The molecule has 0 fully saturated rings. The van der Waals surface area contributed by atoms with Crippen molar-refractivity contribution in [3.05, 3.63) is 66.2 Å². The summed E-state index contributed by atoms with van der Waals surface area (Å²) in [7, 11) is 0. The number of hydrogen-bond donors (Lipinski definition) is 0. The Balaban J connectivity index is 2.31. The molecule has 1 aromatic heterocycles. The van der Waals surface area contributed by atoms with Gasteiger partial charge in [0.1, 0.15) is 16.7 Å². The molecular weight excluding hydrogens is 278 g/mol. The highest BCUT2D eigenvalue weighted by molar-refractivity contribution is 7.98. The highest BCUT2D eigenvalue weighted by Gasteiger charge is 2.19. The van der Waals surface area contributed by atoms with Crippen LogP contribution in [0.3, 0.4) is 0 Å². The van der Waals surface area contributed by atoms with Crippen molar-refractivity contribution in [2.24, 2.45) is 0 Å². The van der Waals surface area contributed by atoms with Gasteiger partial charge in [0.15, 0.2) is 0 Å². The number of hydrogen-bond acceptors (Lipinski definition) is 3. The average molecular weight is 291 g/mol. The first-order valence-corrected chi connectivity index (χ1v) is 7.75. The van der Waals surface area contributed by atoms with Crippen molar-refractivity contribution < 1.29 is 0 Å². The van der Waals surface area contributed by atoms with Crippen molar-refractivity contribution in [1.29, 1.82) is 5.26 Å². The Kier molecular flexibility index (Phi) is 3.76. The molecule has 3 nitrogen and oxygen atoms in total. The van der Waals surface area contributed by atoms with Crippen LogP contribution >= 0.6 is 11.8 Å². The van der Waals surface area contributed by atoms with Crippen molar-refractivity contribution in [2.45, 2.75) is 5.03 Å². The Morgan fingerprint density at radius 2 is 1.62 bits per heavy atom. The van der Waals surface area contributed by atoms with Gasteiger partial charge in [0.25, 0.3) is 0 Å². The monoisotopic (exact) mass is 291 g/mol. The van der Waals surface area contributed by atoms with Crippen molar-refractivity contribution in [2.75, 3.05) is 6.26 Å². The summed E-state index contributed by atoms with van der Waals surface area (Å²) in [5.41, 5.74) is 3.41. The first-order chi connectivity index (χ1) is 10.3. The molecule has 0 saturated carbocycles. The summed E-state index contributed by atoms with van der Waals surface area (Å²) in [6.45, 7) is 0. The Bertz CT molecular complexity index is 786. The summed E-state index contributed by atoms with van der Waals surface area (Å²) in [5.74, 6) is 0. The smallest absolute Gasteiger partial charge is 0.137 e. The molecule has 0 N–H and O–H groups in total. The van der Waals surface area contributed by atoms with Gasteiger partial charge in [0.05, 0.1) is 11.4 Å². The summed E-state index contributed by atoms with van der Waals surface area (Å²) >= 11 is 1.49. The molecule has 0 radical (unpaired) electrons. The van der Waals surface area contributed by atoms with Crippen LogP contribution in [-0.4, -0.2) is 16.0 Å². The van der Waals surface area contributed by atoms with Gasteiger partial charge in [0.2, 0.25) is 0 Å². The third-order valence-corrected chi connectivity index (χ3v) is 3.88. The van der Waals surface area contributed by atoms with Crippen LogP contribution < -0.4 is 0 Å². The van der Waals surface area contributed by atoms with Crippen LogP contribution in [0.5, 0.6) is 0 Å². The Hall–Kier alpha value is -2.51. The second kappa shape index (κ2) is 5.86. The third kappa shape index (κ3) is 2.44. The predicted molar refractivity (Wildman–Crippen MR) is 85.5 cm³/mol. The number of benzene rings is 2. The molecule has 2 aromatic carbocycles. The van der Waals surface area contributed by atoms with E-state index in [9.17, 15) is 5.26 Å². The zero-order valence-electron chi connectivity index (χ0n) is 11.5. The SMILES string of the molecule is CSc1nn(-c2ccccc2)c(-c2ccccc2)c1C#N. The van der Waals surface area contributed by atoms with E-state index in [0.29, 0.717) is 5.56 Å². The van der Waals surface area contributed by atoms with E-state index in [-0.39, 0.29) is 0 Å². The molecule has 4 heteroatoms. The van der Waals surface area contributed by atoms with E-state index in [0.717, 1.165) is 22.0 Å². The molecule has 0 amide bonds. The lowest BCUT2D eigenvalue weighted by atomic mass is 10.1. The normalized spacial score (nSPS) is 10.3. The Morgan fingerprint density at radius 3 is 2.19 bits per heavy atom. The van der Waals surface area contributed by atoms with Crippen LogP contribution in [0, 0.1) is 11.3 Å². The minimum absolute atomic E-state index is 0.623. The quantitative estimate of drug-likeness (QED) is 0.681. The number of rotatable bonds is 3. The van der Waals surface area contributed by atoms with Gasteiger partial charge in [-0.3, -0.25) is 0 Å². The molecule has 102 valence electrons. The fourth-order valence-corrected chi connectivity index (χ4v) is 2.77. The lowest BCUT2D eigenvalue weighted by Gasteiger charge is -2.07. The third-order valence-electron chi connectivity index (χ3n) is 3.21. The van der Waals surface area contributed by atoms with Crippen LogP contribution in [0.4, 0.5) is 0 Å². The van der Waals surface area contributed by atoms with Crippen LogP contribution in [0.15, 0.2) is 65.7 Å². The molecule has 21 heavy (non-hydrogen) atoms. The summed E-state index contributed by atoms with van der Waals surface area (Å²) in [6, 6.07) is 22.1. The van der Waals surface area contributed by atoms with E-state index < -0.39 is 0 Å². The predicted octanol–water partition coefficient (Wildman–Crippen LogP) is 4.13. The average Bonchev–Trinajstić information content (AvgIpc) is 2.95. The second-order valence-electron chi connectivity index (χ2n) is 4.46. The Morgan fingerprint density at radius 1 is 1.00 bits per heavy atom. The van der Waals surface area contributed by atoms with Gasteiger partial charge in [-0.2, -0.15) is 10.4 Å². The van der Waals surface area contributed by atoms with E-state index in [1.807, 2.05) is 71.6 Å².